The molecule has 2 N–H and O–H groups in total. The van der Waals surface area contributed by atoms with Gasteiger partial charge in [0, 0.05) is 18.8 Å². The summed E-state index contributed by atoms with van der Waals surface area (Å²) in [7, 11) is 0. The highest BCUT2D eigenvalue weighted by Gasteiger charge is 2.11. The Kier molecular flexibility index (Phi) is 3.90. The van der Waals surface area contributed by atoms with Crippen molar-refractivity contribution in [1.82, 2.24) is 10.6 Å². The van der Waals surface area contributed by atoms with Gasteiger partial charge in [0.05, 0.1) is 0 Å². The largest absolute Gasteiger partial charge is 0.337 e. The third-order valence-corrected chi connectivity index (χ3v) is 4.68. The van der Waals surface area contributed by atoms with Crippen molar-refractivity contribution in [2.75, 3.05) is 12.3 Å². The summed E-state index contributed by atoms with van der Waals surface area (Å²) in [5.74, 6) is 0.631. The molecule has 0 fully saturated rings. The fourth-order valence-corrected chi connectivity index (χ4v) is 3.47. The quantitative estimate of drug-likeness (QED) is 0.378. The Bertz CT molecular complexity index is 1010. The Labute approximate surface area is 145 Å². The summed E-state index contributed by atoms with van der Waals surface area (Å²) < 4.78 is 0. The van der Waals surface area contributed by atoms with Gasteiger partial charge < -0.3 is 10.6 Å². The fraction of sp³-hybridized carbons (Fsp3) is 0.150. The molecule has 0 aliphatic rings. The Morgan fingerprint density at radius 2 is 1.50 bits per heavy atom. The zero-order valence-electron chi connectivity index (χ0n) is 13.2. The molecular formula is C20H18N2OS. The molecule has 0 aliphatic heterocycles. The number of thiol groups is 1. The first-order chi connectivity index (χ1) is 11.8. The van der Waals surface area contributed by atoms with Crippen LogP contribution in [0.1, 0.15) is 5.56 Å². The van der Waals surface area contributed by atoms with Crippen LogP contribution in [0.5, 0.6) is 0 Å². The van der Waals surface area contributed by atoms with E-state index in [-0.39, 0.29) is 6.03 Å². The number of carbonyl (C=O) groups excluding carboxylic acids is 1. The lowest BCUT2D eigenvalue weighted by Crippen LogP contribution is -2.36. The van der Waals surface area contributed by atoms with Crippen molar-refractivity contribution >= 4 is 51.0 Å². The van der Waals surface area contributed by atoms with Gasteiger partial charge in [0.25, 0.3) is 0 Å². The lowest BCUT2D eigenvalue weighted by atomic mass is 9.92. The predicted molar refractivity (Wildman–Crippen MR) is 104 cm³/mol. The minimum absolute atomic E-state index is 0.158. The van der Waals surface area contributed by atoms with E-state index in [0.29, 0.717) is 18.8 Å². The molecular weight excluding hydrogens is 316 g/mol. The van der Waals surface area contributed by atoms with Crippen molar-refractivity contribution in [2.45, 2.75) is 6.54 Å². The molecule has 0 atom stereocenters. The van der Waals surface area contributed by atoms with Gasteiger partial charge in [0.1, 0.15) is 0 Å². The maximum Gasteiger partial charge on any atom is 0.315 e. The second-order valence-electron chi connectivity index (χ2n) is 5.91. The lowest BCUT2D eigenvalue weighted by molar-refractivity contribution is 0.241. The van der Waals surface area contributed by atoms with Crippen LogP contribution in [-0.4, -0.2) is 18.3 Å². The molecule has 4 aromatic carbocycles. The molecule has 0 unspecified atom stereocenters. The molecule has 0 saturated carbocycles. The molecule has 2 amide bonds. The third-order valence-electron chi connectivity index (χ3n) is 4.46. The number of amides is 2. The van der Waals surface area contributed by atoms with Gasteiger partial charge in [-0.15, -0.1) is 0 Å². The van der Waals surface area contributed by atoms with Gasteiger partial charge in [0.2, 0.25) is 0 Å². The summed E-state index contributed by atoms with van der Waals surface area (Å²) in [6.45, 7) is 1.07. The average Bonchev–Trinajstić information content (AvgIpc) is 2.63. The first kappa shape index (κ1) is 15.1. The summed E-state index contributed by atoms with van der Waals surface area (Å²) in [5.41, 5.74) is 1.13. The molecule has 3 nitrogen and oxygen atoms in total. The Hall–Kier alpha value is -2.46. The normalized spacial score (nSPS) is 11.4. The zero-order chi connectivity index (χ0) is 16.5. The van der Waals surface area contributed by atoms with Crippen LogP contribution < -0.4 is 10.6 Å². The minimum atomic E-state index is -0.158. The van der Waals surface area contributed by atoms with Crippen molar-refractivity contribution in [3.8, 4) is 0 Å². The van der Waals surface area contributed by atoms with Crippen LogP contribution in [0.3, 0.4) is 0 Å². The van der Waals surface area contributed by atoms with Gasteiger partial charge in [-0.25, -0.2) is 4.79 Å². The Morgan fingerprint density at radius 1 is 0.833 bits per heavy atom. The molecule has 0 aromatic heterocycles. The van der Waals surface area contributed by atoms with E-state index >= 15 is 0 Å². The number of carbonyl (C=O) groups is 1. The monoisotopic (exact) mass is 334 g/mol. The molecule has 0 aliphatic carbocycles. The first-order valence-electron chi connectivity index (χ1n) is 8.06. The topological polar surface area (TPSA) is 41.1 Å². The molecule has 4 rings (SSSR count). The van der Waals surface area contributed by atoms with Crippen molar-refractivity contribution in [3.05, 3.63) is 60.2 Å². The summed E-state index contributed by atoms with van der Waals surface area (Å²) in [5, 5.41) is 13.2. The molecule has 0 bridgehead atoms. The molecule has 120 valence electrons. The van der Waals surface area contributed by atoms with E-state index in [1.807, 2.05) is 0 Å². The van der Waals surface area contributed by atoms with E-state index in [1.165, 1.54) is 32.3 Å². The van der Waals surface area contributed by atoms with Crippen LogP contribution in [0.4, 0.5) is 4.79 Å². The van der Waals surface area contributed by atoms with Crippen LogP contribution >= 0.6 is 12.6 Å². The first-order valence-corrected chi connectivity index (χ1v) is 8.69. The van der Waals surface area contributed by atoms with E-state index in [0.717, 1.165) is 5.56 Å². The highest BCUT2D eigenvalue weighted by atomic mass is 32.1. The van der Waals surface area contributed by atoms with Crippen molar-refractivity contribution < 1.29 is 4.79 Å². The van der Waals surface area contributed by atoms with Crippen molar-refractivity contribution in [2.24, 2.45) is 0 Å². The van der Waals surface area contributed by atoms with E-state index in [2.05, 4.69) is 77.9 Å². The number of rotatable bonds is 4. The van der Waals surface area contributed by atoms with Crippen LogP contribution in [0.2, 0.25) is 0 Å². The standard InChI is InChI=1S/C20H18N2OS/c23-20(21-10-11-24)22-12-16-7-6-15-5-4-13-2-1-3-14-8-9-17(16)19(15)18(13)14/h1-9,24H,10-12H2,(H2,21,22,23). The summed E-state index contributed by atoms with van der Waals surface area (Å²) in [6, 6.07) is 19.1. The van der Waals surface area contributed by atoms with Gasteiger partial charge >= 0.3 is 6.03 Å². The summed E-state index contributed by atoms with van der Waals surface area (Å²) >= 11 is 4.09. The van der Waals surface area contributed by atoms with Gasteiger partial charge in [0.15, 0.2) is 0 Å². The molecule has 0 saturated heterocycles. The number of hydrogen-bond acceptors (Lipinski definition) is 2. The Morgan fingerprint density at radius 3 is 2.25 bits per heavy atom. The number of nitrogens with one attached hydrogen (secondary N) is 2. The lowest BCUT2D eigenvalue weighted by Gasteiger charge is -2.14. The third kappa shape index (κ3) is 2.53. The van der Waals surface area contributed by atoms with E-state index < -0.39 is 0 Å². The SMILES string of the molecule is O=C(NCCS)NCc1ccc2ccc3cccc4ccc1c2c34. The van der Waals surface area contributed by atoms with Gasteiger partial charge in [-0.05, 0) is 37.9 Å². The highest BCUT2D eigenvalue weighted by Crippen LogP contribution is 2.35. The van der Waals surface area contributed by atoms with Crippen LogP contribution in [0, 0.1) is 0 Å². The van der Waals surface area contributed by atoms with E-state index in [4.69, 9.17) is 0 Å². The minimum Gasteiger partial charge on any atom is -0.337 e. The molecule has 4 heteroatoms. The average molecular weight is 334 g/mol. The summed E-state index contributed by atoms with van der Waals surface area (Å²) in [6.07, 6.45) is 0. The molecule has 0 heterocycles. The second kappa shape index (κ2) is 6.21. The van der Waals surface area contributed by atoms with E-state index in [1.54, 1.807) is 0 Å². The fourth-order valence-electron chi connectivity index (χ4n) is 3.36. The van der Waals surface area contributed by atoms with E-state index in [9.17, 15) is 4.79 Å². The molecule has 0 spiro atoms. The number of urea groups is 1. The molecule has 4 aromatic rings. The highest BCUT2D eigenvalue weighted by molar-refractivity contribution is 7.80. The van der Waals surface area contributed by atoms with Crippen LogP contribution in [0.25, 0.3) is 32.3 Å². The van der Waals surface area contributed by atoms with Crippen LogP contribution in [0.15, 0.2) is 54.6 Å². The zero-order valence-corrected chi connectivity index (χ0v) is 14.1. The second-order valence-corrected chi connectivity index (χ2v) is 6.36. The van der Waals surface area contributed by atoms with Crippen molar-refractivity contribution in [1.29, 1.82) is 0 Å². The van der Waals surface area contributed by atoms with Gasteiger partial charge in [-0.2, -0.15) is 12.6 Å². The maximum atomic E-state index is 11.8. The van der Waals surface area contributed by atoms with Gasteiger partial charge in [-0.3, -0.25) is 0 Å². The van der Waals surface area contributed by atoms with Crippen LogP contribution in [-0.2, 0) is 6.54 Å². The van der Waals surface area contributed by atoms with Gasteiger partial charge in [-0.1, -0.05) is 54.6 Å². The Balaban J connectivity index is 1.78. The van der Waals surface area contributed by atoms with Crippen molar-refractivity contribution in [3.63, 3.8) is 0 Å². The smallest absolute Gasteiger partial charge is 0.315 e. The molecule has 0 radical (unpaired) electrons. The predicted octanol–water partition coefficient (Wildman–Crippen LogP) is 4.31. The summed E-state index contributed by atoms with van der Waals surface area (Å²) in [4.78, 5) is 11.8. The number of hydrogen-bond donors (Lipinski definition) is 3. The molecule has 24 heavy (non-hydrogen) atoms. The number of benzene rings is 4. The maximum absolute atomic E-state index is 11.8.